The highest BCUT2D eigenvalue weighted by atomic mass is 32.1. The third-order valence-electron chi connectivity index (χ3n) is 3.11. The molecule has 3 heterocycles. The number of rotatable bonds is 4. The Hall–Kier alpha value is -1.79. The molecule has 3 rings (SSSR count). The second kappa shape index (κ2) is 5.07. The molecule has 98 valence electrons. The van der Waals surface area contributed by atoms with E-state index in [2.05, 4.69) is 39.0 Å². The van der Waals surface area contributed by atoms with E-state index in [0.717, 1.165) is 23.3 Å². The number of aryl methyl sites for hydroxylation is 1. The minimum atomic E-state index is 0.0731. The number of nitrogens with one attached hydrogen (secondary N) is 1. The lowest BCUT2D eigenvalue weighted by Gasteiger charge is -2.17. The van der Waals surface area contributed by atoms with Crippen molar-refractivity contribution in [3.05, 3.63) is 41.2 Å². The summed E-state index contributed by atoms with van der Waals surface area (Å²) in [6, 6.07) is 4.30. The van der Waals surface area contributed by atoms with Gasteiger partial charge in [-0.3, -0.25) is 9.67 Å². The molecule has 3 aromatic heterocycles. The smallest absolute Gasteiger partial charge is 0.0809 e. The molecule has 0 fully saturated rings. The standard InChI is InChI=1S/C13H15N5S/c1-3-14-13(11-8-16-17-18(11)2)9-6-12-10(15-7-9)4-5-19-12/h4-8,13-14H,3H2,1-2H3. The Labute approximate surface area is 115 Å². The van der Waals surface area contributed by atoms with Crippen LogP contribution in [-0.2, 0) is 7.05 Å². The molecule has 3 aromatic rings. The van der Waals surface area contributed by atoms with Crippen LogP contribution in [0.2, 0.25) is 0 Å². The van der Waals surface area contributed by atoms with E-state index in [9.17, 15) is 0 Å². The van der Waals surface area contributed by atoms with Crippen LogP contribution in [0.3, 0.4) is 0 Å². The Morgan fingerprint density at radius 3 is 3.05 bits per heavy atom. The molecule has 19 heavy (non-hydrogen) atoms. The van der Waals surface area contributed by atoms with E-state index < -0.39 is 0 Å². The second-order valence-corrected chi connectivity index (χ2v) is 5.29. The van der Waals surface area contributed by atoms with Crippen molar-refractivity contribution in [1.82, 2.24) is 25.3 Å². The van der Waals surface area contributed by atoms with Gasteiger partial charge in [0, 0.05) is 13.2 Å². The lowest BCUT2D eigenvalue weighted by atomic mass is 10.1. The van der Waals surface area contributed by atoms with Gasteiger partial charge in [0.15, 0.2) is 0 Å². The molecule has 0 bridgehead atoms. The zero-order chi connectivity index (χ0) is 13.2. The summed E-state index contributed by atoms with van der Waals surface area (Å²) in [4.78, 5) is 4.50. The van der Waals surface area contributed by atoms with Crippen molar-refractivity contribution in [1.29, 1.82) is 0 Å². The van der Waals surface area contributed by atoms with Crippen LogP contribution in [-0.4, -0.2) is 26.5 Å². The molecule has 1 atom stereocenters. The predicted molar refractivity (Wildman–Crippen MR) is 76.1 cm³/mol. The van der Waals surface area contributed by atoms with Crippen LogP contribution in [0.4, 0.5) is 0 Å². The quantitative estimate of drug-likeness (QED) is 0.791. The van der Waals surface area contributed by atoms with Crippen molar-refractivity contribution in [2.45, 2.75) is 13.0 Å². The first kappa shape index (κ1) is 12.3. The summed E-state index contributed by atoms with van der Waals surface area (Å²) in [6.07, 6.45) is 3.72. The van der Waals surface area contributed by atoms with Gasteiger partial charge in [-0.15, -0.1) is 16.4 Å². The van der Waals surface area contributed by atoms with Crippen LogP contribution in [0.1, 0.15) is 24.2 Å². The highest BCUT2D eigenvalue weighted by Gasteiger charge is 2.18. The van der Waals surface area contributed by atoms with Crippen LogP contribution < -0.4 is 5.32 Å². The zero-order valence-electron chi connectivity index (χ0n) is 10.9. The third-order valence-corrected chi connectivity index (χ3v) is 3.96. The summed E-state index contributed by atoms with van der Waals surface area (Å²) in [5.41, 5.74) is 3.23. The molecule has 0 aliphatic carbocycles. The van der Waals surface area contributed by atoms with E-state index >= 15 is 0 Å². The summed E-state index contributed by atoms with van der Waals surface area (Å²) in [5, 5.41) is 13.5. The van der Waals surface area contributed by atoms with Crippen LogP contribution in [0, 0.1) is 0 Å². The Morgan fingerprint density at radius 2 is 2.32 bits per heavy atom. The molecule has 0 radical (unpaired) electrons. The Morgan fingerprint density at radius 1 is 1.42 bits per heavy atom. The average Bonchev–Trinajstić information content (AvgIpc) is 3.03. The van der Waals surface area contributed by atoms with Crippen molar-refractivity contribution in [2.75, 3.05) is 6.54 Å². The maximum Gasteiger partial charge on any atom is 0.0809 e. The molecule has 0 aliphatic rings. The molecule has 0 spiro atoms. The molecule has 1 N–H and O–H groups in total. The van der Waals surface area contributed by atoms with Gasteiger partial charge in [0.1, 0.15) is 0 Å². The van der Waals surface area contributed by atoms with Crippen LogP contribution >= 0.6 is 11.3 Å². The summed E-state index contributed by atoms with van der Waals surface area (Å²) in [5.74, 6) is 0. The van der Waals surface area contributed by atoms with Crippen LogP contribution in [0.5, 0.6) is 0 Å². The monoisotopic (exact) mass is 273 g/mol. The number of hydrogen-bond acceptors (Lipinski definition) is 5. The lowest BCUT2D eigenvalue weighted by molar-refractivity contribution is 0.567. The summed E-state index contributed by atoms with van der Waals surface area (Å²) in [7, 11) is 1.91. The number of aromatic nitrogens is 4. The predicted octanol–water partition coefficient (Wildman–Crippen LogP) is 2.12. The fourth-order valence-electron chi connectivity index (χ4n) is 2.18. The van der Waals surface area contributed by atoms with Crippen LogP contribution in [0.15, 0.2) is 29.9 Å². The van der Waals surface area contributed by atoms with Gasteiger partial charge in [-0.2, -0.15) is 0 Å². The fourth-order valence-corrected chi connectivity index (χ4v) is 2.96. The molecule has 0 aromatic carbocycles. The van der Waals surface area contributed by atoms with Crippen molar-refractivity contribution in [2.24, 2.45) is 7.05 Å². The molecular formula is C13H15N5S. The molecule has 0 amide bonds. The van der Waals surface area contributed by atoms with Gasteiger partial charge < -0.3 is 5.32 Å². The van der Waals surface area contributed by atoms with Crippen molar-refractivity contribution < 1.29 is 0 Å². The largest absolute Gasteiger partial charge is 0.305 e. The van der Waals surface area contributed by atoms with Crippen molar-refractivity contribution in [3.63, 3.8) is 0 Å². The molecule has 6 heteroatoms. The number of pyridine rings is 1. The van der Waals surface area contributed by atoms with Gasteiger partial charge in [0.25, 0.3) is 0 Å². The summed E-state index contributed by atoms with van der Waals surface area (Å²) < 4.78 is 3.00. The van der Waals surface area contributed by atoms with Crippen molar-refractivity contribution in [3.8, 4) is 0 Å². The number of hydrogen-bond donors (Lipinski definition) is 1. The maximum absolute atomic E-state index is 4.50. The van der Waals surface area contributed by atoms with E-state index in [1.54, 1.807) is 22.2 Å². The number of nitrogens with zero attached hydrogens (tertiary/aromatic N) is 4. The molecule has 5 nitrogen and oxygen atoms in total. The second-order valence-electron chi connectivity index (χ2n) is 4.35. The molecular weight excluding hydrogens is 258 g/mol. The van der Waals surface area contributed by atoms with Crippen molar-refractivity contribution >= 4 is 21.6 Å². The van der Waals surface area contributed by atoms with Crippen LogP contribution in [0.25, 0.3) is 10.2 Å². The fraction of sp³-hybridized carbons (Fsp3) is 0.308. The molecule has 0 aliphatic heterocycles. The number of fused-ring (bicyclic) bond motifs is 1. The van der Waals surface area contributed by atoms with Gasteiger partial charge in [-0.25, -0.2) is 0 Å². The first-order valence-electron chi connectivity index (χ1n) is 6.20. The third kappa shape index (κ3) is 2.24. The Balaban J connectivity index is 2.06. The first-order chi connectivity index (χ1) is 9.29. The summed E-state index contributed by atoms with van der Waals surface area (Å²) in [6.45, 7) is 2.96. The number of thiophene rings is 1. The van der Waals surface area contributed by atoms with E-state index in [0.29, 0.717) is 0 Å². The summed E-state index contributed by atoms with van der Waals surface area (Å²) >= 11 is 1.71. The Kier molecular flexibility index (Phi) is 3.27. The van der Waals surface area contributed by atoms with Gasteiger partial charge in [0.05, 0.1) is 28.1 Å². The highest BCUT2D eigenvalue weighted by molar-refractivity contribution is 7.17. The SMILES string of the molecule is CCNC(c1cnc2ccsc2c1)c1cnnn1C. The van der Waals surface area contributed by atoms with E-state index in [1.165, 1.54) is 4.70 Å². The molecule has 0 saturated heterocycles. The topological polar surface area (TPSA) is 55.6 Å². The van der Waals surface area contributed by atoms with Gasteiger partial charge in [0.2, 0.25) is 0 Å². The Bertz CT molecular complexity index is 687. The lowest BCUT2D eigenvalue weighted by Crippen LogP contribution is -2.24. The normalized spacial score (nSPS) is 12.9. The first-order valence-corrected chi connectivity index (χ1v) is 7.08. The van der Waals surface area contributed by atoms with E-state index in [-0.39, 0.29) is 6.04 Å². The molecule has 1 unspecified atom stereocenters. The van der Waals surface area contributed by atoms with E-state index in [1.807, 2.05) is 19.3 Å². The van der Waals surface area contributed by atoms with E-state index in [4.69, 9.17) is 0 Å². The average molecular weight is 273 g/mol. The van der Waals surface area contributed by atoms with Gasteiger partial charge in [-0.05, 0) is 29.6 Å². The van der Waals surface area contributed by atoms with Gasteiger partial charge in [-0.1, -0.05) is 12.1 Å². The molecule has 0 saturated carbocycles. The maximum atomic E-state index is 4.50. The highest BCUT2D eigenvalue weighted by Crippen LogP contribution is 2.26. The van der Waals surface area contributed by atoms with Gasteiger partial charge >= 0.3 is 0 Å². The minimum absolute atomic E-state index is 0.0731. The minimum Gasteiger partial charge on any atom is -0.305 e. The zero-order valence-corrected chi connectivity index (χ0v) is 11.7.